The minimum Gasteiger partial charge on any atom is -0.342 e. The molecule has 1 aliphatic rings. The number of hydrogen-bond donors (Lipinski definition) is 1. The van der Waals surface area contributed by atoms with Crippen LogP contribution < -0.4 is 5.32 Å². The molecule has 3 heterocycles. The van der Waals surface area contributed by atoms with Gasteiger partial charge in [-0.2, -0.15) is 0 Å². The topological polar surface area (TPSA) is 49.6 Å². The van der Waals surface area contributed by atoms with Gasteiger partial charge in [-0.25, -0.2) is 4.98 Å². The van der Waals surface area contributed by atoms with E-state index < -0.39 is 0 Å². The number of nitrogens with one attached hydrogen (secondary N) is 1. The smallest absolute Gasteiger partial charge is 0.236 e. The Labute approximate surface area is 129 Å². The lowest BCUT2D eigenvalue weighted by Gasteiger charge is -2.26. The molecular weight excluding hydrogens is 284 g/mol. The van der Waals surface area contributed by atoms with Crippen LogP contribution >= 0.6 is 11.3 Å². The van der Waals surface area contributed by atoms with Gasteiger partial charge >= 0.3 is 0 Å². The number of fused-ring (bicyclic) bond motifs is 1. The van der Waals surface area contributed by atoms with Crippen molar-refractivity contribution in [1.29, 1.82) is 0 Å². The van der Waals surface area contributed by atoms with E-state index in [1.807, 2.05) is 11.8 Å². The first kappa shape index (κ1) is 14.5. The van der Waals surface area contributed by atoms with E-state index in [-0.39, 0.29) is 5.91 Å². The number of nitrogens with zero attached hydrogens (tertiary/aromatic N) is 3. The second-order valence-electron chi connectivity index (χ2n) is 5.68. The molecule has 0 spiro atoms. The molecule has 1 N–H and O–H groups in total. The van der Waals surface area contributed by atoms with Crippen molar-refractivity contribution < 1.29 is 4.79 Å². The van der Waals surface area contributed by atoms with Crippen LogP contribution in [0.5, 0.6) is 0 Å². The lowest BCUT2D eigenvalue weighted by atomic mass is 10.1. The third-order valence-electron chi connectivity index (χ3n) is 4.02. The van der Waals surface area contributed by atoms with Gasteiger partial charge in [0, 0.05) is 30.7 Å². The van der Waals surface area contributed by atoms with E-state index in [9.17, 15) is 4.79 Å². The Morgan fingerprint density at radius 3 is 2.86 bits per heavy atom. The van der Waals surface area contributed by atoms with E-state index >= 15 is 0 Å². The number of carbonyl (C=O) groups is 1. The molecule has 1 saturated heterocycles. The summed E-state index contributed by atoms with van der Waals surface area (Å²) in [6.45, 7) is 7.04. The molecule has 1 fully saturated rings. The van der Waals surface area contributed by atoms with Crippen LogP contribution in [0, 0.1) is 13.8 Å². The van der Waals surface area contributed by atoms with Gasteiger partial charge < -0.3 is 10.2 Å². The minimum atomic E-state index is 0.217. The molecule has 2 aromatic rings. The summed E-state index contributed by atoms with van der Waals surface area (Å²) in [6, 6.07) is 0. The minimum absolute atomic E-state index is 0.217. The fourth-order valence-corrected chi connectivity index (χ4v) is 3.75. The highest BCUT2D eigenvalue weighted by Gasteiger charge is 2.16. The number of likely N-dealkylation sites (tertiary alicyclic amines) is 1. The van der Waals surface area contributed by atoms with Crippen molar-refractivity contribution in [3.8, 4) is 0 Å². The van der Waals surface area contributed by atoms with Gasteiger partial charge in [-0.1, -0.05) is 0 Å². The van der Waals surface area contributed by atoms with Crippen LogP contribution in [0.3, 0.4) is 0 Å². The maximum atomic E-state index is 12.1. The summed E-state index contributed by atoms with van der Waals surface area (Å²) in [7, 11) is 0. The van der Waals surface area contributed by atoms with E-state index in [0.717, 1.165) is 42.3 Å². The van der Waals surface area contributed by atoms with E-state index in [0.29, 0.717) is 13.1 Å². The van der Waals surface area contributed by atoms with Crippen molar-refractivity contribution >= 4 is 22.2 Å². The largest absolute Gasteiger partial charge is 0.342 e. The van der Waals surface area contributed by atoms with Gasteiger partial charge in [0.25, 0.3) is 0 Å². The van der Waals surface area contributed by atoms with Crippen LogP contribution in [0.15, 0.2) is 6.20 Å². The van der Waals surface area contributed by atoms with E-state index in [2.05, 4.69) is 27.8 Å². The van der Waals surface area contributed by atoms with Crippen LogP contribution in [-0.2, 0) is 11.3 Å². The maximum absolute atomic E-state index is 12.1. The first-order valence-electron chi connectivity index (χ1n) is 7.57. The van der Waals surface area contributed by atoms with Crippen molar-refractivity contribution in [3.05, 3.63) is 22.5 Å². The van der Waals surface area contributed by atoms with Gasteiger partial charge in [0.2, 0.25) is 5.91 Å². The predicted molar refractivity (Wildman–Crippen MR) is 84.7 cm³/mol. The zero-order chi connectivity index (χ0) is 14.8. The molecule has 1 amide bonds. The maximum Gasteiger partial charge on any atom is 0.236 e. The molecule has 3 rings (SSSR count). The summed E-state index contributed by atoms with van der Waals surface area (Å²) in [5.41, 5.74) is 2.19. The number of aromatic nitrogens is 2. The van der Waals surface area contributed by atoms with Crippen molar-refractivity contribution in [2.24, 2.45) is 0 Å². The highest BCUT2D eigenvalue weighted by atomic mass is 32.1. The van der Waals surface area contributed by atoms with Gasteiger partial charge in [0.15, 0.2) is 4.96 Å². The average molecular weight is 306 g/mol. The highest BCUT2D eigenvalue weighted by molar-refractivity contribution is 7.17. The molecule has 1 aliphatic heterocycles. The van der Waals surface area contributed by atoms with Crippen LogP contribution in [0.2, 0.25) is 0 Å². The molecule has 114 valence electrons. The van der Waals surface area contributed by atoms with Crippen molar-refractivity contribution in [2.75, 3.05) is 19.6 Å². The molecule has 0 saturated carbocycles. The van der Waals surface area contributed by atoms with E-state index in [1.165, 1.54) is 11.3 Å². The third kappa shape index (κ3) is 3.11. The quantitative estimate of drug-likeness (QED) is 0.941. The molecule has 2 aromatic heterocycles. The lowest BCUT2D eigenvalue weighted by molar-refractivity contribution is -0.131. The Balaban J connectivity index is 1.58. The molecule has 0 radical (unpaired) electrons. The molecule has 6 heteroatoms. The summed E-state index contributed by atoms with van der Waals surface area (Å²) >= 11 is 1.70. The summed E-state index contributed by atoms with van der Waals surface area (Å²) in [4.78, 5) is 21.0. The van der Waals surface area contributed by atoms with E-state index in [4.69, 9.17) is 0 Å². The van der Waals surface area contributed by atoms with Crippen molar-refractivity contribution in [1.82, 2.24) is 19.6 Å². The standard InChI is InChI=1S/C15H22N4OS/c1-11-10-19-13(12(2)17-15(19)21-11)8-16-9-14(20)18-6-4-3-5-7-18/h10,16H,3-9H2,1-2H3. The second-order valence-corrected chi connectivity index (χ2v) is 6.90. The van der Waals surface area contributed by atoms with Crippen molar-refractivity contribution in [2.45, 2.75) is 39.7 Å². The zero-order valence-corrected chi connectivity index (χ0v) is 13.5. The Kier molecular flexibility index (Phi) is 4.26. The number of amides is 1. The summed E-state index contributed by atoms with van der Waals surface area (Å²) in [5, 5.41) is 3.28. The van der Waals surface area contributed by atoms with Crippen molar-refractivity contribution in [3.63, 3.8) is 0 Å². The lowest BCUT2D eigenvalue weighted by Crippen LogP contribution is -2.41. The number of piperidine rings is 1. The number of hydrogen-bond acceptors (Lipinski definition) is 4. The van der Waals surface area contributed by atoms with E-state index in [1.54, 1.807) is 11.3 Å². The highest BCUT2D eigenvalue weighted by Crippen LogP contribution is 2.20. The summed E-state index contributed by atoms with van der Waals surface area (Å²) in [6.07, 6.45) is 5.65. The Hall–Kier alpha value is -1.40. The summed E-state index contributed by atoms with van der Waals surface area (Å²) in [5.74, 6) is 0.217. The predicted octanol–water partition coefficient (Wildman–Crippen LogP) is 2.11. The number of thiazole rings is 1. The number of imidazole rings is 1. The number of rotatable bonds is 4. The molecule has 5 nitrogen and oxygen atoms in total. The first-order chi connectivity index (χ1) is 10.1. The van der Waals surface area contributed by atoms with Crippen LogP contribution in [0.25, 0.3) is 4.96 Å². The fraction of sp³-hybridized carbons (Fsp3) is 0.600. The normalized spacial score (nSPS) is 15.8. The first-order valence-corrected chi connectivity index (χ1v) is 8.39. The number of aryl methyl sites for hydroxylation is 2. The van der Waals surface area contributed by atoms with Gasteiger partial charge in [-0.05, 0) is 33.1 Å². The Morgan fingerprint density at radius 1 is 1.33 bits per heavy atom. The SMILES string of the molecule is Cc1cn2c(CNCC(=O)N3CCCCC3)c(C)nc2s1. The monoisotopic (exact) mass is 306 g/mol. The second kappa shape index (κ2) is 6.15. The molecular formula is C15H22N4OS. The molecule has 0 bridgehead atoms. The van der Waals surface area contributed by atoms with Gasteiger partial charge in [0.1, 0.15) is 0 Å². The molecule has 0 unspecified atom stereocenters. The van der Waals surface area contributed by atoms with Crippen LogP contribution in [0.1, 0.15) is 35.5 Å². The molecule has 21 heavy (non-hydrogen) atoms. The summed E-state index contributed by atoms with van der Waals surface area (Å²) < 4.78 is 2.13. The van der Waals surface area contributed by atoms with Gasteiger partial charge in [-0.15, -0.1) is 11.3 Å². The van der Waals surface area contributed by atoms with Gasteiger partial charge in [0.05, 0.1) is 17.9 Å². The number of carbonyl (C=O) groups excluding carboxylic acids is 1. The average Bonchev–Trinajstić information content (AvgIpc) is 2.96. The molecule has 0 aromatic carbocycles. The van der Waals surface area contributed by atoms with Crippen LogP contribution in [0.4, 0.5) is 0 Å². The third-order valence-corrected chi connectivity index (χ3v) is 4.92. The van der Waals surface area contributed by atoms with Crippen LogP contribution in [-0.4, -0.2) is 39.8 Å². The Bertz CT molecular complexity index is 639. The van der Waals surface area contributed by atoms with Gasteiger partial charge in [-0.3, -0.25) is 9.20 Å². The zero-order valence-electron chi connectivity index (χ0n) is 12.7. The molecule has 0 atom stereocenters. The fourth-order valence-electron chi connectivity index (χ4n) is 2.86. The molecule has 0 aliphatic carbocycles. The Morgan fingerprint density at radius 2 is 2.10 bits per heavy atom.